The van der Waals surface area contributed by atoms with Gasteiger partial charge >= 0.3 is 0 Å². The number of carbonyl (C=O) groups excluding carboxylic acids is 2. The molecule has 1 aromatic rings. The maximum absolute atomic E-state index is 13.0. The predicted molar refractivity (Wildman–Crippen MR) is 95.0 cm³/mol. The van der Waals surface area contributed by atoms with E-state index in [1.807, 2.05) is 23.1 Å². The number of aliphatic carboxylic acids is 1. The number of allylic oxidation sites excluding steroid dienone is 2. The summed E-state index contributed by atoms with van der Waals surface area (Å²) in [7, 11) is 0. The Morgan fingerprint density at radius 3 is 2.35 bits per heavy atom. The lowest BCUT2D eigenvalue weighted by atomic mass is 9.82. The van der Waals surface area contributed by atoms with E-state index in [0.29, 0.717) is 0 Å². The molecule has 1 aromatic carbocycles. The number of hydrogen-bond acceptors (Lipinski definition) is 3. The summed E-state index contributed by atoms with van der Waals surface area (Å²) in [6, 6.07) is 10.5. The summed E-state index contributed by atoms with van der Waals surface area (Å²) in [5, 5.41) is 11.5. The van der Waals surface area contributed by atoms with Crippen molar-refractivity contribution in [2.24, 2.45) is 23.7 Å². The van der Waals surface area contributed by atoms with Gasteiger partial charge in [0.1, 0.15) is 0 Å². The minimum atomic E-state index is -1.06. The van der Waals surface area contributed by atoms with Crippen molar-refractivity contribution in [1.82, 2.24) is 4.90 Å². The maximum atomic E-state index is 13.0. The number of carboxylic acid groups (broad SMARTS) is 1. The smallest absolute Gasteiger partial charge is 0.227 e. The highest BCUT2D eigenvalue weighted by Gasteiger charge is 2.50. The number of benzene rings is 1. The van der Waals surface area contributed by atoms with Crippen LogP contribution in [-0.4, -0.2) is 49.5 Å². The number of amides is 1. The van der Waals surface area contributed by atoms with Gasteiger partial charge < -0.3 is 19.7 Å². The molecule has 2 aliphatic carbocycles. The minimum absolute atomic E-state index is 0.0169. The van der Waals surface area contributed by atoms with Crippen LogP contribution in [0.15, 0.2) is 42.5 Å². The molecule has 3 aliphatic rings. The Hall–Kier alpha value is -2.14. The summed E-state index contributed by atoms with van der Waals surface area (Å²) in [6.45, 7) is 4.39. The lowest BCUT2D eigenvalue weighted by molar-refractivity contribution is -0.903. The number of hydrogen-bond donors (Lipinski definition) is 1. The predicted octanol–water partition coefficient (Wildman–Crippen LogP) is -0.856. The van der Waals surface area contributed by atoms with Crippen LogP contribution in [0.25, 0.3) is 0 Å². The molecule has 0 unspecified atom stereocenters. The van der Waals surface area contributed by atoms with Crippen LogP contribution < -0.4 is 10.0 Å². The third-order valence-electron chi connectivity index (χ3n) is 6.41. The van der Waals surface area contributed by atoms with E-state index in [1.54, 1.807) is 0 Å². The molecule has 2 bridgehead atoms. The average molecular weight is 354 g/mol. The van der Waals surface area contributed by atoms with Crippen molar-refractivity contribution < 1.29 is 19.6 Å². The molecule has 138 valence electrons. The lowest BCUT2D eigenvalue weighted by Gasteiger charge is -2.37. The van der Waals surface area contributed by atoms with Crippen LogP contribution in [0.3, 0.4) is 0 Å². The van der Waals surface area contributed by atoms with Gasteiger partial charge in [0.05, 0.1) is 38.6 Å². The van der Waals surface area contributed by atoms with Gasteiger partial charge in [-0.05, 0) is 23.8 Å². The molecule has 2 fully saturated rings. The molecular weight excluding hydrogens is 328 g/mol. The fourth-order valence-electron chi connectivity index (χ4n) is 4.95. The van der Waals surface area contributed by atoms with Gasteiger partial charge in [-0.25, -0.2) is 0 Å². The Morgan fingerprint density at radius 2 is 1.69 bits per heavy atom. The van der Waals surface area contributed by atoms with Gasteiger partial charge in [-0.15, -0.1) is 0 Å². The summed E-state index contributed by atoms with van der Waals surface area (Å²) in [4.78, 5) is 27.9. The molecule has 4 rings (SSSR count). The van der Waals surface area contributed by atoms with Gasteiger partial charge in [0, 0.05) is 18.3 Å². The summed E-state index contributed by atoms with van der Waals surface area (Å²) < 4.78 is 0. The Kier molecular flexibility index (Phi) is 4.81. The van der Waals surface area contributed by atoms with Crippen molar-refractivity contribution >= 4 is 11.9 Å². The first-order valence-corrected chi connectivity index (χ1v) is 9.69. The molecule has 1 saturated heterocycles. The van der Waals surface area contributed by atoms with E-state index in [2.05, 4.69) is 24.3 Å². The van der Waals surface area contributed by atoms with Crippen molar-refractivity contribution in [2.45, 2.75) is 12.8 Å². The molecule has 1 aliphatic heterocycles. The lowest BCUT2D eigenvalue weighted by Crippen LogP contribution is -3.15. The number of fused-ring (bicyclic) bond motifs is 2. The van der Waals surface area contributed by atoms with Crippen molar-refractivity contribution in [3.63, 3.8) is 0 Å². The second-order valence-electron chi connectivity index (χ2n) is 7.88. The summed E-state index contributed by atoms with van der Waals surface area (Å²) in [5.41, 5.74) is 1.35. The topological polar surface area (TPSA) is 64.9 Å². The standard InChI is InChI=1S/C21H26N2O3/c24-20(18-16-6-7-17(14-16)19(18)21(25)26)23-12-10-22(11-13-23)9-8-15-4-2-1-3-5-15/h1-7,16-19H,8-14H2,(H,25,26)/t16-,17+,18+,19+/m0/s1. The third kappa shape index (κ3) is 3.28. The molecule has 0 aromatic heterocycles. The van der Waals surface area contributed by atoms with Crippen molar-refractivity contribution in [3.8, 4) is 0 Å². The largest absolute Gasteiger partial charge is 0.550 e. The number of nitrogens with zero attached hydrogens (tertiary/aromatic N) is 1. The van der Waals surface area contributed by atoms with Gasteiger partial charge in [0.25, 0.3) is 0 Å². The first kappa shape index (κ1) is 17.3. The summed E-state index contributed by atoms with van der Waals surface area (Å²) >= 11 is 0. The Balaban J connectivity index is 1.31. The molecule has 1 N–H and O–H groups in total. The normalized spacial score (nSPS) is 30.7. The van der Waals surface area contributed by atoms with Crippen LogP contribution in [0.1, 0.15) is 12.0 Å². The molecular formula is C21H26N2O3. The Morgan fingerprint density at radius 1 is 1.04 bits per heavy atom. The number of carbonyl (C=O) groups is 2. The van der Waals surface area contributed by atoms with Crippen LogP contribution >= 0.6 is 0 Å². The van der Waals surface area contributed by atoms with E-state index in [-0.39, 0.29) is 17.7 Å². The van der Waals surface area contributed by atoms with E-state index < -0.39 is 17.8 Å². The SMILES string of the molecule is O=C([O-])[C@H]1[C@H](C(=O)N2CC[NH+](CCc3ccccc3)CC2)[C@H]2C=C[C@@H]1C2. The van der Waals surface area contributed by atoms with E-state index in [4.69, 9.17) is 0 Å². The molecule has 0 radical (unpaired) electrons. The van der Waals surface area contributed by atoms with Gasteiger partial charge in [-0.1, -0.05) is 42.5 Å². The van der Waals surface area contributed by atoms with Gasteiger partial charge in [0.15, 0.2) is 0 Å². The van der Waals surface area contributed by atoms with E-state index in [0.717, 1.165) is 45.6 Å². The molecule has 0 spiro atoms. The number of nitrogens with one attached hydrogen (secondary N) is 1. The van der Waals surface area contributed by atoms with E-state index in [1.165, 1.54) is 10.5 Å². The van der Waals surface area contributed by atoms with Crippen molar-refractivity contribution in [1.29, 1.82) is 0 Å². The van der Waals surface area contributed by atoms with E-state index in [9.17, 15) is 14.7 Å². The molecule has 1 heterocycles. The number of carboxylic acids is 1. The second kappa shape index (κ2) is 7.23. The number of piperazine rings is 1. The highest BCUT2D eigenvalue weighted by molar-refractivity contribution is 5.86. The second-order valence-corrected chi connectivity index (χ2v) is 7.88. The van der Waals surface area contributed by atoms with Crippen molar-refractivity contribution in [3.05, 3.63) is 48.0 Å². The average Bonchev–Trinajstić information content (AvgIpc) is 3.28. The highest BCUT2D eigenvalue weighted by atomic mass is 16.4. The molecule has 1 saturated carbocycles. The summed E-state index contributed by atoms with van der Waals surface area (Å²) in [5.74, 6) is -2.03. The van der Waals surface area contributed by atoms with Gasteiger partial charge in [-0.2, -0.15) is 0 Å². The highest BCUT2D eigenvalue weighted by Crippen LogP contribution is 2.48. The fourth-order valence-corrected chi connectivity index (χ4v) is 4.95. The molecule has 26 heavy (non-hydrogen) atoms. The van der Waals surface area contributed by atoms with Crippen LogP contribution in [0.5, 0.6) is 0 Å². The van der Waals surface area contributed by atoms with Crippen LogP contribution in [0, 0.1) is 23.7 Å². The molecule has 5 nitrogen and oxygen atoms in total. The van der Waals surface area contributed by atoms with Gasteiger partial charge in [0.2, 0.25) is 5.91 Å². The molecule has 5 heteroatoms. The Bertz CT molecular complexity index is 694. The summed E-state index contributed by atoms with van der Waals surface area (Å²) in [6.07, 6.45) is 5.83. The monoisotopic (exact) mass is 354 g/mol. The zero-order valence-electron chi connectivity index (χ0n) is 15.0. The Labute approximate surface area is 154 Å². The van der Waals surface area contributed by atoms with Crippen molar-refractivity contribution in [2.75, 3.05) is 32.7 Å². The maximum Gasteiger partial charge on any atom is 0.227 e. The minimum Gasteiger partial charge on any atom is -0.550 e. The fraction of sp³-hybridized carbons (Fsp3) is 0.524. The zero-order valence-corrected chi connectivity index (χ0v) is 15.0. The molecule has 4 atom stereocenters. The first-order valence-electron chi connectivity index (χ1n) is 9.69. The van der Waals surface area contributed by atoms with Gasteiger partial charge in [-0.3, -0.25) is 4.79 Å². The van der Waals surface area contributed by atoms with E-state index >= 15 is 0 Å². The molecule has 1 amide bonds. The number of quaternary nitrogens is 1. The van der Waals surface area contributed by atoms with Crippen LogP contribution in [0.2, 0.25) is 0 Å². The number of rotatable bonds is 5. The zero-order chi connectivity index (χ0) is 18.1. The quantitative estimate of drug-likeness (QED) is 0.700. The first-order chi connectivity index (χ1) is 12.6. The van der Waals surface area contributed by atoms with Crippen LogP contribution in [0.4, 0.5) is 0 Å². The third-order valence-corrected chi connectivity index (χ3v) is 6.41. The van der Waals surface area contributed by atoms with Crippen LogP contribution in [-0.2, 0) is 16.0 Å².